The minimum atomic E-state index is -0.612. The molecule has 108 valence electrons. The molecule has 0 aliphatic carbocycles. The Morgan fingerprint density at radius 1 is 1.00 bits per heavy atom. The predicted octanol–water partition coefficient (Wildman–Crippen LogP) is 4.01. The second kappa shape index (κ2) is 14.8. The van der Waals surface area contributed by atoms with Crippen molar-refractivity contribution in [1.29, 1.82) is 0 Å². The van der Waals surface area contributed by atoms with Crippen molar-refractivity contribution in [2.24, 2.45) is 0 Å². The molecule has 3 nitrogen and oxygen atoms in total. The van der Waals surface area contributed by atoms with Gasteiger partial charge in [0.1, 0.15) is 0 Å². The van der Waals surface area contributed by atoms with Crippen molar-refractivity contribution in [3.05, 3.63) is 12.2 Å². The SMILES string of the molecule is C=C(C)C(=O)OC(=O)CCCCCCCCCC.[H-].[H-].[Sr+2]. The van der Waals surface area contributed by atoms with E-state index in [4.69, 9.17) is 0 Å². The summed E-state index contributed by atoms with van der Waals surface area (Å²) in [7, 11) is 0. The van der Waals surface area contributed by atoms with Crippen LogP contribution in [0.4, 0.5) is 0 Å². The van der Waals surface area contributed by atoms with Gasteiger partial charge < -0.3 is 7.59 Å². The summed E-state index contributed by atoms with van der Waals surface area (Å²) in [4.78, 5) is 22.3. The quantitative estimate of drug-likeness (QED) is 0.198. The van der Waals surface area contributed by atoms with Crippen LogP contribution in [0.2, 0.25) is 0 Å². The first-order valence-corrected chi connectivity index (χ1v) is 6.98. The molecule has 0 rings (SSSR count). The molecule has 0 bridgehead atoms. The Bertz CT molecular complexity index is 284. The van der Waals surface area contributed by atoms with Crippen LogP contribution in [0.5, 0.6) is 0 Å². The van der Waals surface area contributed by atoms with Crippen LogP contribution in [0.3, 0.4) is 0 Å². The van der Waals surface area contributed by atoms with E-state index in [2.05, 4.69) is 18.2 Å². The van der Waals surface area contributed by atoms with Gasteiger partial charge in [-0.1, -0.05) is 58.4 Å². The summed E-state index contributed by atoms with van der Waals surface area (Å²) in [5.41, 5.74) is 0.263. The first-order chi connectivity index (χ1) is 8.57. The normalized spacial score (nSPS) is 9.58. The molecule has 0 aromatic rings. The van der Waals surface area contributed by atoms with Crippen molar-refractivity contribution >= 4 is 57.4 Å². The summed E-state index contributed by atoms with van der Waals surface area (Å²) in [6.45, 7) is 7.17. The fraction of sp³-hybridized carbons (Fsp3) is 0.733. The van der Waals surface area contributed by atoms with Crippen LogP contribution in [0.25, 0.3) is 0 Å². The Hall–Kier alpha value is 0.361. The number of hydrogen-bond donors (Lipinski definition) is 0. The van der Waals surface area contributed by atoms with Gasteiger partial charge in [-0.15, -0.1) is 0 Å². The number of carbonyl (C=O) groups excluding carboxylic acids is 2. The smallest absolute Gasteiger partial charge is 1.00 e. The van der Waals surface area contributed by atoms with E-state index in [0.717, 1.165) is 19.3 Å². The molecule has 0 aliphatic heterocycles. The number of rotatable bonds is 10. The summed E-state index contributed by atoms with van der Waals surface area (Å²) >= 11 is 0. The van der Waals surface area contributed by atoms with Gasteiger partial charge in [0.05, 0.1) is 0 Å². The Labute approximate surface area is 157 Å². The van der Waals surface area contributed by atoms with E-state index < -0.39 is 11.9 Å². The zero-order chi connectivity index (χ0) is 13.8. The summed E-state index contributed by atoms with van der Waals surface area (Å²) in [5.74, 6) is -1.05. The molecule has 19 heavy (non-hydrogen) atoms. The largest absolute Gasteiger partial charge is 2.00 e. The molecule has 0 heterocycles. The number of carbonyl (C=O) groups is 2. The van der Waals surface area contributed by atoms with Crippen LogP contribution in [0.1, 0.15) is 74.5 Å². The van der Waals surface area contributed by atoms with Crippen LogP contribution >= 0.6 is 0 Å². The second-order valence-corrected chi connectivity index (χ2v) is 4.77. The van der Waals surface area contributed by atoms with Gasteiger partial charge in [0, 0.05) is 12.0 Å². The molecule has 0 saturated heterocycles. The number of ether oxygens (including phenoxy) is 1. The molecule has 0 aliphatic rings. The fourth-order valence-electron chi connectivity index (χ4n) is 1.64. The van der Waals surface area contributed by atoms with Crippen molar-refractivity contribution in [1.82, 2.24) is 0 Å². The monoisotopic (exact) mass is 344 g/mol. The molecule has 0 saturated carbocycles. The fourth-order valence-corrected chi connectivity index (χ4v) is 1.64. The summed E-state index contributed by atoms with van der Waals surface area (Å²) < 4.78 is 4.59. The van der Waals surface area contributed by atoms with Gasteiger partial charge in [0.2, 0.25) is 0 Å². The molecule has 0 aromatic carbocycles. The molecule has 0 amide bonds. The van der Waals surface area contributed by atoms with Crippen molar-refractivity contribution in [2.45, 2.75) is 71.6 Å². The Kier molecular flexibility index (Phi) is 16.8. The molecule has 0 fully saturated rings. The first kappa shape index (κ1) is 21.7. The van der Waals surface area contributed by atoms with Gasteiger partial charge in [-0.25, -0.2) is 4.79 Å². The Balaban J connectivity index is -0.000000482. The topological polar surface area (TPSA) is 43.4 Å². The van der Waals surface area contributed by atoms with Gasteiger partial charge in [-0.05, 0) is 13.3 Å². The second-order valence-electron chi connectivity index (χ2n) is 4.77. The van der Waals surface area contributed by atoms with Crippen LogP contribution < -0.4 is 0 Å². The van der Waals surface area contributed by atoms with E-state index in [1.54, 1.807) is 0 Å². The molecule has 0 N–H and O–H groups in total. The number of hydrogen-bond acceptors (Lipinski definition) is 3. The van der Waals surface area contributed by atoms with E-state index in [-0.39, 0.29) is 53.9 Å². The van der Waals surface area contributed by atoms with Crippen molar-refractivity contribution in [2.75, 3.05) is 0 Å². The predicted molar refractivity (Wildman–Crippen MR) is 81.1 cm³/mol. The standard InChI is InChI=1S/C15H26O3.Sr.2H/c1-4-5-6-7-8-9-10-11-12-14(16)18-15(17)13(2)3;;;/h2,4-12H2,1,3H3;;;/q;+2;2*-1. The van der Waals surface area contributed by atoms with Crippen LogP contribution in [0, 0.1) is 0 Å². The van der Waals surface area contributed by atoms with E-state index in [9.17, 15) is 9.59 Å². The third-order valence-electron chi connectivity index (χ3n) is 2.79. The van der Waals surface area contributed by atoms with Gasteiger partial charge in [-0.2, -0.15) is 0 Å². The summed E-state index contributed by atoms with van der Waals surface area (Å²) in [5, 5.41) is 0. The average molecular weight is 344 g/mol. The maximum absolute atomic E-state index is 11.2. The van der Waals surface area contributed by atoms with Gasteiger partial charge in [0.25, 0.3) is 0 Å². The Morgan fingerprint density at radius 3 is 1.95 bits per heavy atom. The molecule has 0 atom stereocenters. The van der Waals surface area contributed by atoms with Crippen molar-refractivity contribution in [3.63, 3.8) is 0 Å². The molecular formula is C15H28O3Sr. The average Bonchev–Trinajstić information content (AvgIpc) is 2.32. The third-order valence-corrected chi connectivity index (χ3v) is 2.79. The molecule has 0 aromatic heterocycles. The van der Waals surface area contributed by atoms with Crippen molar-refractivity contribution < 1.29 is 17.2 Å². The maximum atomic E-state index is 11.2. The van der Waals surface area contributed by atoms with Gasteiger partial charge in [0.15, 0.2) is 0 Å². The zero-order valence-corrected chi connectivity index (χ0v) is 16.0. The maximum Gasteiger partial charge on any atom is 2.00 e. The molecule has 0 unspecified atom stereocenters. The molecule has 0 radical (unpaired) electrons. The minimum Gasteiger partial charge on any atom is -1.00 e. The third kappa shape index (κ3) is 14.6. The van der Waals surface area contributed by atoms with Gasteiger partial charge >= 0.3 is 57.4 Å². The zero-order valence-electron chi connectivity index (χ0n) is 14.5. The van der Waals surface area contributed by atoms with E-state index in [1.807, 2.05) is 0 Å². The van der Waals surface area contributed by atoms with Crippen LogP contribution in [-0.2, 0) is 14.3 Å². The van der Waals surface area contributed by atoms with Crippen molar-refractivity contribution in [3.8, 4) is 0 Å². The number of esters is 2. The van der Waals surface area contributed by atoms with Crippen LogP contribution in [0.15, 0.2) is 12.2 Å². The summed E-state index contributed by atoms with van der Waals surface area (Å²) in [6, 6.07) is 0. The minimum absolute atomic E-state index is 0. The molecular weight excluding hydrogens is 316 g/mol. The summed E-state index contributed by atoms with van der Waals surface area (Å²) in [6.07, 6.45) is 9.73. The molecule has 0 spiro atoms. The van der Waals surface area contributed by atoms with E-state index in [1.165, 1.54) is 39.0 Å². The molecule has 4 heteroatoms. The van der Waals surface area contributed by atoms with Crippen LogP contribution in [-0.4, -0.2) is 57.4 Å². The van der Waals surface area contributed by atoms with Gasteiger partial charge in [-0.3, -0.25) is 4.79 Å². The van der Waals surface area contributed by atoms with E-state index >= 15 is 0 Å². The van der Waals surface area contributed by atoms with E-state index in [0.29, 0.717) is 6.42 Å². The first-order valence-electron chi connectivity index (χ1n) is 6.98. The number of unbranched alkanes of at least 4 members (excludes halogenated alkanes) is 7. The Morgan fingerprint density at radius 2 is 1.47 bits per heavy atom.